The number of aliphatic hydroxyl groups is 1. The maximum absolute atomic E-state index is 8.73. The van der Waals surface area contributed by atoms with Gasteiger partial charge < -0.3 is 15.3 Å². The van der Waals surface area contributed by atoms with Crippen LogP contribution in [0, 0.1) is 0 Å². The van der Waals surface area contributed by atoms with Crippen LogP contribution in [-0.2, 0) is 6.61 Å². The molecule has 7 heteroatoms. The Morgan fingerprint density at radius 3 is 2.74 bits per heavy atom. The lowest BCUT2D eigenvalue weighted by atomic mass is 10.2. The number of hydrogen-bond acceptors (Lipinski definition) is 4. The smallest absolute Gasteiger partial charge is 0.128 e. The second kappa shape index (κ2) is 9.13. The van der Waals surface area contributed by atoms with Crippen LogP contribution in [0.15, 0.2) is 46.0 Å². The molecule has 0 aliphatic carbocycles. The van der Waals surface area contributed by atoms with Crippen LogP contribution < -0.4 is 10.2 Å². The van der Waals surface area contributed by atoms with Gasteiger partial charge in [-0.05, 0) is 35.9 Å². The van der Waals surface area contributed by atoms with E-state index in [2.05, 4.69) is 26.5 Å². The Bertz CT molecular complexity index is 696. The highest BCUT2D eigenvalue weighted by Crippen LogP contribution is 2.25. The molecule has 0 radical (unpaired) electrons. The molecule has 0 saturated carbocycles. The van der Waals surface area contributed by atoms with Crippen molar-refractivity contribution in [3.63, 3.8) is 0 Å². The highest BCUT2D eigenvalue weighted by Gasteiger charge is 2.05. The number of halogens is 3. The first-order valence-electron chi connectivity index (χ1n) is 6.83. The maximum Gasteiger partial charge on any atom is 0.128 e. The molecule has 2 aromatic rings. The number of nitrogens with one attached hydrogen (secondary N) is 1. The summed E-state index contributed by atoms with van der Waals surface area (Å²) in [7, 11) is 0. The van der Waals surface area contributed by atoms with Crippen molar-refractivity contribution < 1.29 is 9.84 Å². The summed E-state index contributed by atoms with van der Waals surface area (Å²) in [4.78, 5) is 0. The van der Waals surface area contributed by atoms with E-state index in [1.54, 1.807) is 18.3 Å². The van der Waals surface area contributed by atoms with Gasteiger partial charge in [-0.1, -0.05) is 45.2 Å². The third-order valence-electron chi connectivity index (χ3n) is 2.87. The molecule has 2 N–H and O–H groups in total. The summed E-state index contributed by atoms with van der Waals surface area (Å²) >= 11 is 15.3. The molecule has 122 valence electrons. The highest BCUT2D eigenvalue weighted by molar-refractivity contribution is 9.10. The van der Waals surface area contributed by atoms with Gasteiger partial charge in [-0.3, -0.25) is 0 Å². The number of hydrazone groups is 1. The first-order chi connectivity index (χ1) is 11.1. The van der Waals surface area contributed by atoms with Gasteiger partial charge in [-0.25, -0.2) is 0 Å². The molecule has 0 aliphatic rings. The van der Waals surface area contributed by atoms with E-state index in [-0.39, 0.29) is 6.61 Å². The van der Waals surface area contributed by atoms with Crippen molar-refractivity contribution in [1.29, 1.82) is 0 Å². The number of benzene rings is 2. The standard InChI is InChI=1S/C16H15BrCl2N2O2/c17-13-2-4-16(12(8-13)9-21-20-5-6-22)23-10-11-1-3-14(18)15(19)7-11/h1-4,7-9,20,22H,5-6,10H2. The molecule has 0 bridgehead atoms. The number of ether oxygens (including phenoxy) is 1. The molecule has 0 unspecified atom stereocenters. The molecule has 0 amide bonds. The van der Waals surface area contributed by atoms with E-state index in [4.69, 9.17) is 33.0 Å². The van der Waals surface area contributed by atoms with Crippen molar-refractivity contribution in [2.45, 2.75) is 6.61 Å². The minimum absolute atomic E-state index is 0.0243. The largest absolute Gasteiger partial charge is 0.488 e. The van der Waals surface area contributed by atoms with Crippen LogP contribution in [0.5, 0.6) is 5.75 Å². The van der Waals surface area contributed by atoms with Crippen LogP contribution in [0.2, 0.25) is 10.0 Å². The molecular formula is C16H15BrCl2N2O2. The van der Waals surface area contributed by atoms with Crippen molar-refractivity contribution in [2.24, 2.45) is 5.10 Å². The third-order valence-corrected chi connectivity index (χ3v) is 4.10. The number of rotatable bonds is 7. The number of nitrogens with zero attached hydrogens (tertiary/aromatic N) is 1. The summed E-state index contributed by atoms with van der Waals surface area (Å²) in [5.41, 5.74) is 4.46. The van der Waals surface area contributed by atoms with Crippen LogP contribution in [0.25, 0.3) is 0 Å². The van der Waals surface area contributed by atoms with Crippen molar-refractivity contribution >= 4 is 45.3 Å². The third kappa shape index (κ3) is 5.70. The van der Waals surface area contributed by atoms with Crippen molar-refractivity contribution in [3.05, 3.63) is 62.0 Å². The van der Waals surface area contributed by atoms with Crippen LogP contribution in [0.4, 0.5) is 0 Å². The molecule has 4 nitrogen and oxygen atoms in total. The predicted molar refractivity (Wildman–Crippen MR) is 97.6 cm³/mol. The summed E-state index contributed by atoms with van der Waals surface area (Å²) in [5.74, 6) is 0.689. The van der Waals surface area contributed by atoms with Gasteiger partial charge in [0, 0.05) is 10.0 Å². The predicted octanol–water partition coefficient (Wildman–Crippen LogP) is 4.25. The Balaban J connectivity index is 2.09. The number of aliphatic hydroxyl groups excluding tert-OH is 1. The second-order valence-corrected chi connectivity index (χ2v) is 6.34. The van der Waals surface area contributed by atoms with Crippen molar-refractivity contribution in [1.82, 2.24) is 5.43 Å². The van der Waals surface area contributed by atoms with Gasteiger partial charge in [0.15, 0.2) is 0 Å². The summed E-state index contributed by atoms with van der Waals surface area (Å²) in [5, 5.41) is 13.8. The van der Waals surface area contributed by atoms with Crippen LogP contribution in [-0.4, -0.2) is 24.5 Å². The van der Waals surface area contributed by atoms with Gasteiger partial charge in [0.1, 0.15) is 12.4 Å². The zero-order valence-corrected chi connectivity index (χ0v) is 15.2. The van der Waals surface area contributed by atoms with Crippen LogP contribution >= 0.6 is 39.1 Å². The average Bonchev–Trinajstić information content (AvgIpc) is 2.54. The monoisotopic (exact) mass is 416 g/mol. The second-order valence-electron chi connectivity index (χ2n) is 4.61. The van der Waals surface area contributed by atoms with Crippen LogP contribution in [0.1, 0.15) is 11.1 Å². The summed E-state index contributed by atoms with van der Waals surface area (Å²) in [6.07, 6.45) is 1.64. The molecule has 0 aliphatic heterocycles. The lowest BCUT2D eigenvalue weighted by molar-refractivity contribution is 0.293. The van der Waals surface area contributed by atoms with Crippen molar-refractivity contribution in [3.8, 4) is 5.75 Å². The van der Waals surface area contributed by atoms with Gasteiger partial charge in [0.25, 0.3) is 0 Å². The van der Waals surface area contributed by atoms with E-state index in [1.807, 2.05) is 24.3 Å². The first kappa shape index (κ1) is 18.1. The lowest BCUT2D eigenvalue weighted by Gasteiger charge is -2.10. The molecule has 0 heterocycles. The van der Waals surface area contributed by atoms with Crippen LogP contribution in [0.3, 0.4) is 0 Å². The summed E-state index contributed by atoms with van der Waals surface area (Å²) in [6, 6.07) is 11.0. The topological polar surface area (TPSA) is 53.8 Å². The van der Waals surface area contributed by atoms with Gasteiger partial charge in [0.2, 0.25) is 0 Å². The zero-order chi connectivity index (χ0) is 16.7. The van der Waals surface area contributed by atoms with E-state index in [0.717, 1.165) is 15.6 Å². The molecule has 23 heavy (non-hydrogen) atoms. The Kier molecular flexibility index (Phi) is 7.17. The Hall–Kier alpha value is -1.27. The quantitative estimate of drug-likeness (QED) is 0.402. The van der Waals surface area contributed by atoms with E-state index >= 15 is 0 Å². The van der Waals surface area contributed by atoms with Crippen molar-refractivity contribution in [2.75, 3.05) is 13.2 Å². The Labute approximate surface area is 153 Å². The van der Waals surface area contributed by atoms with E-state index in [9.17, 15) is 0 Å². The van der Waals surface area contributed by atoms with Gasteiger partial charge >= 0.3 is 0 Å². The lowest BCUT2D eigenvalue weighted by Crippen LogP contribution is -2.11. The fraction of sp³-hybridized carbons (Fsp3) is 0.188. The molecule has 0 aromatic heterocycles. The Morgan fingerprint density at radius 2 is 2.00 bits per heavy atom. The minimum Gasteiger partial charge on any atom is -0.488 e. The summed E-state index contributed by atoms with van der Waals surface area (Å²) in [6.45, 7) is 0.782. The molecule has 0 spiro atoms. The molecule has 0 atom stereocenters. The first-order valence-corrected chi connectivity index (χ1v) is 8.38. The minimum atomic E-state index is 0.0243. The van der Waals surface area contributed by atoms with E-state index in [1.165, 1.54) is 0 Å². The van der Waals surface area contributed by atoms with Gasteiger partial charge in [0.05, 0.1) is 29.4 Å². The molecule has 0 fully saturated rings. The average molecular weight is 418 g/mol. The summed E-state index contributed by atoms with van der Waals surface area (Å²) < 4.78 is 6.76. The SMILES string of the molecule is OCCNN=Cc1cc(Br)ccc1OCc1ccc(Cl)c(Cl)c1. The normalized spacial score (nSPS) is 11.0. The fourth-order valence-corrected chi connectivity index (χ4v) is 2.47. The molecule has 0 saturated heterocycles. The molecule has 2 aromatic carbocycles. The van der Waals surface area contributed by atoms with E-state index < -0.39 is 0 Å². The zero-order valence-electron chi connectivity index (χ0n) is 12.1. The maximum atomic E-state index is 8.73. The number of hydrogen-bond donors (Lipinski definition) is 2. The van der Waals surface area contributed by atoms with Gasteiger partial charge in [-0.2, -0.15) is 5.10 Å². The Morgan fingerprint density at radius 1 is 1.17 bits per heavy atom. The molecular weight excluding hydrogens is 403 g/mol. The van der Waals surface area contributed by atoms with E-state index in [0.29, 0.717) is 28.9 Å². The van der Waals surface area contributed by atoms with Gasteiger partial charge in [-0.15, -0.1) is 0 Å². The highest BCUT2D eigenvalue weighted by atomic mass is 79.9. The molecule has 2 rings (SSSR count). The fourth-order valence-electron chi connectivity index (χ4n) is 1.77.